The number of nitrogens with one attached hydrogen (secondary N) is 1. The predicted octanol–water partition coefficient (Wildman–Crippen LogP) is 7.59. The third kappa shape index (κ3) is 8.47. The van der Waals surface area contributed by atoms with Gasteiger partial charge in [0.1, 0.15) is 0 Å². The highest BCUT2D eigenvalue weighted by Crippen LogP contribution is 2.39. The van der Waals surface area contributed by atoms with E-state index in [0.29, 0.717) is 12.1 Å². The molecule has 2 N–H and O–H groups in total. The zero-order chi connectivity index (χ0) is 30.8. The summed E-state index contributed by atoms with van der Waals surface area (Å²) in [5.74, 6) is -0.0829. The van der Waals surface area contributed by atoms with Crippen LogP contribution < -0.4 is 5.32 Å². The van der Waals surface area contributed by atoms with Crippen molar-refractivity contribution in [3.8, 4) is 11.1 Å². The molecule has 2 heterocycles. The van der Waals surface area contributed by atoms with Gasteiger partial charge in [0, 0.05) is 30.6 Å². The lowest BCUT2D eigenvalue weighted by atomic mass is 9.98. The number of carbonyl (C=O) groups excluding carboxylic acids is 1. The van der Waals surface area contributed by atoms with Crippen LogP contribution in [0.25, 0.3) is 11.1 Å². The molecule has 0 spiro atoms. The first-order valence-electron chi connectivity index (χ1n) is 16.4. The van der Waals surface area contributed by atoms with Crippen LogP contribution in [-0.4, -0.2) is 41.7 Å². The maximum atomic E-state index is 12.6. The number of carbonyl (C=O) groups is 1. The van der Waals surface area contributed by atoms with Crippen LogP contribution >= 0.6 is 0 Å². The van der Waals surface area contributed by atoms with Gasteiger partial charge in [-0.15, -0.1) is 0 Å². The molecule has 0 radical (unpaired) electrons. The van der Waals surface area contributed by atoms with E-state index in [9.17, 15) is 9.90 Å². The Labute approximate surface area is 267 Å². The summed E-state index contributed by atoms with van der Waals surface area (Å²) in [6.45, 7) is 3.63. The minimum Gasteiger partial charge on any atom is -0.392 e. The van der Waals surface area contributed by atoms with E-state index in [4.69, 9.17) is 9.47 Å². The lowest BCUT2D eigenvalue weighted by Gasteiger charge is -2.39. The fourth-order valence-electron chi connectivity index (χ4n) is 6.42. The van der Waals surface area contributed by atoms with E-state index >= 15 is 0 Å². The van der Waals surface area contributed by atoms with Crippen LogP contribution in [0.5, 0.6) is 0 Å². The Morgan fingerprint density at radius 2 is 1.44 bits per heavy atom. The summed E-state index contributed by atoms with van der Waals surface area (Å²) in [4.78, 5) is 15.2. The van der Waals surface area contributed by atoms with Gasteiger partial charge in [-0.05, 0) is 78.0 Å². The first-order chi connectivity index (χ1) is 22.1. The van der Waals surface area contributed by atoms with Crippen molar-refractivity contribution in [3.05, 3.63) is 131 Å². The van der Waals surface area contributed by atoms with E-state index in [2.05, 4.69) is 58.7 Å². The van der Waals surface area contributed by atoms with Gasteiger partial charge >= 0.3 is 0 Å². The Hall–Kier alpha value is -3.81. The summed E-state index contributed by atoms with van der Waals surface area (Å²) in [6.07, 6.45) is 6.70. The van der Waals surface area contributed by atoms with Gasteiger partial charge in [-0.2, -0.15) is 0 Å². The zero-order valence-corrected chi connectivity index (χ0v) is 25.9. The van der Waals surface area contributed by atoms with Crippen molar-refractivity contribution in [1.82, 2.24) is 10.2 Å². The molecule has 3 atom stereocenters. The minimum atomic E-state index is -0.491. The lowest BCUT2D eigenvalue weighted by molar-refractivity contribution is -0.253. The number of hydrogen-bond acceptors (Lipinski definition) is 5. The van der Waals surface area contributed by atoms with Crippen molar-refractivity contribution in [2.45, 2.75) is 70.2 Å². The molecule has 6 heteroatoms. The zero-order valence-electron chi connectivity index (χ0n) is 25.9. The quantitative estimate of drug-likeness (QED) is 0.206. The molecule has 0 saturated carbocycles. The number of aliphatic hydroxyl groups is 1. The molecule has 2 aliphatic rings. The number of benzene rings is 4. The Kier molecular flexibility index (Phi) is 10.7. The second-order valence-corrected chi connectivity index (χ2v) is 12.3. The highest BCUT2D eigenvalue weighted by molar-refractivity contribution is 5.94. The van der Waals surface area contributed by atoms with Crippen molar-refractivity contribution in [2.24, 2.45) is 0 Å². The predicted molar refractivity (Wildman–Crippen MR) is 177 cm³/mol. The maximum absolute atomic E-state index is 12.6. The van der Waals surface area contributed by atoms with Gasteiger partial charge in [-0.3, -0.25) is 4.79 Å². The van der Waals surface area contributed by atoms with Crippen LogP contribution in [0.15, 0.2) is 103 Å². The summed E-state index contributed by atoms with van der Waals surface area (Å²) in [5, 5.41) is 12.6. The number of hydrogen-bond donors (Lipinski definition) is 2. The number of nitrogens with zero attached hydrogens (tertiary/aromatic N) is 1. The topological polar surface area (TPSA) is 71.0 Å². The summed E-state index contributed by atoms with van der Waals surface area (Å²) in [5.41, 5.74) is 6.84. The molecule has 2 fully saturated rings. The maximum Gasteiger partial charge on any atom is 0.251 e. The first-order valence-corrected chi connectivity index (χ1v) is 16.4. The smallest absolute Gasteiger partial charge is 0.251 e. The molecule has 4 aromatic carbocycles. The Balaban J connectivity index is 1.19. The molecular weight excluding hydrogens is 560 g/mol. The van der Waals surface area contributed by atoms with Gasteiger partial charge in [0.25, 0.3) is 5.91 Å². The molecule has 6 nitrogen and oxygen atoms in total. The summed E-state index contributed by atoms with van der Waals surface area (Å²) in [7, 11) is 0. The lowest BCUT2D eigenvalue weighted by Crippen LogP contribution is -2.40. The van der Waals surface area contributed by atoms with Crippen molar-refractivity contribution in [2.75, 3.05) is 19.6 Å². The molecule has 0 aliphatic carbocycles. The SMILES string of the molecule is O=C(NCc1cccc(-c2cccc([C@H]3O[C@@H](CN4CCCCCCC4)C[C@@H](c4ccc(CO)cc4)O3)c2)c1)c1ccccc1. The molecule has 0 unspecified atom stereocenters. The first kappa shape index (κ1) is 31.2. The Morgan fingerprint density at radius 1 is 0.733 bits per heavy atom. The summed E-state index contributed by atoms with van der Waals surface area (Å²) in [6, 6.07) is 34.1. The average molecular weight is 605 g/mol. The molecular formula is C39H44N2O4. The average Bonchev–Trinajstić information content (AvgIpc) is 3.09. The Morgan fingerprint density at radius 3 is 2.20 bits per heavy atom. The molecule has 4 aromatic rings. The molecule has 45 heavy (non-hydrogen) atoms. The summed E-state index contributed by atoms with van der Waals surface area (Å²) >= 11 is 0. The highest BCUT2D eigenvalue weighted by Gasteiger charge is 2.33. The highest BCUT2D eigenvalue weighted by atomic mass is 16.7. The Bertz CT molecular complexity index is 1520. The second kappa shape index (κ2) is 15.5. The fraction of sp³-hybridized carbons (Fsp3) is 0.359. The third-order valence-corrected chi connectivity index (χ3v) is 8.93. The number of rotatable bonds is 9. The van der Waals surface area contributed by atoms with E-state index in [1.54, 1.807) is 0 Å². The van der Waals surface area contributed by atoms with Gasteiger partial charge in [-0.25, -0.2) is 0 Å². The van der Waals surface area contributed by atoms with Gasteiger partial charge in [-0.1, -0.05) is 98.1 Å². The van der Waals surface area contributed by atoms with Crippen LogP contribution in [0.1, 0.15) is 83.5 Å². The van der Waals surface area contributed by atoms with E-state index in [0.717, 1.165) is 59.4 Å². The van der Waals surface area contributed by atoms with E-state index < -0.39 is 6.29 Å². The van der Waals surface area contributed by atoms with E-state index in [-0.39, 0.29) is 24.7 Å². The fourth-order valence-corrected chi connectivity index (χ4v) is 6.42. The van der Waals surface area contributed by atoms with E-state index in [1.165, 1.54) is 32.1 Å². The molecule has 234 valence electrons. The largest absolute Gasteiger partial charge is 0.392 e. The normalized spacial score (nSPS) is 21.0. The molecule has 2 aliphatic heterocycles. The number of amides is 1. The van der Waals surface area contributed by atoms with Crippen LogP contribution in [0, 0.1) is 0 Å². The number of likely N-dealkylation sites (tertiary alicyclic amines) is 1. The second-order valence-electron chi connectivity index (χ2n) is 12.3. The van der Waals surface area contributed by atoms with Crippen molar-refractivity contribution < 1.29 is 19.4 Å². The summed E-state index contributed by atoms with van der Waals surface area (Å²) < 4.78 is 13.4. The monoisotopic (exact) mass is 604 g/mol. The van der Waals surface area contributed by atoms with Gasteiger partial charge in [0.2, 0.25) is 0 Å². The molecule has 0 bridgehead atoms. The van der Waals surface area contributed by atoms with E-state index in [1.807, 2.05) is 54.6 Å². The van der Waals surface area contributed by atoms with Crippen LogP contribution in [-0.2, 0) is 22.6 Å². The van der Waals surface area contributed by atoms with Crippen molar-refractivity contribution in [3.63, 3.8) is 0 Å². The number of ether oxygens (including phenoxy) is 2. The minimum absolute atomic E-state index is 0.0303. The standard InChI is InChI=1S/C39H44N2O4/c42-28-29-17-19-31(20-18-29)37-25-36(27-41-21-7-2-1-3-8-22-41)44-39(45-37)35-16-10-15-34(24-35)33-14-9-11-30(23-33)26-40-38(43)32-12-5-4-6-13-32/h4-6,9-20,23-24,36-37,39,42H,1-3,7-8,21-22,25-28H2,(H,40,43)/t36-,37+,39+/m1/s1. The van der Waals surface area contributed by atoms with Crippen molar-refractivity contribution >= 4 is 5.91 Å². The molecule has 1 amide bonds. The van der Waals surface area contributed by atoms with Gasteiger partial charge in [0.05, 0.1) is 18.8 Å². The molecule has 2 saturated heterocycles. The van der Waals surface area contributed by atoms with Crippen LogP contribution in [0.2, 0.25) is 0 Å². The van der Waals surface area contributed by atoms with Gasteiger partial charge < -0.3 is 24.8 Å². The van der Waals surface area contributed by atoms with Gasteiger partial charge in [0.15, 0.2) is 6.29 Å². The third-order valence-electron chi connectivity index (χ3n) is 8.93. The van der Waals surface area contributed by atoms with Crippen LogP contribution in [0.3, 0.4) is 0 Å². The number of aliphatic hydroxyl groups excluding tert-OH is 1. The van der Waals surface area contributed by atoms with Crippen LogP contribution in [0.4, 0.5) is 0 Å². The molecule has 0 aromatic heterocycles. The van der Waals surface area contributed by atoms with Crippen molar-refractivity contribution in [1.29, 1.82) is 0 Å². The molecule has 6 rings (SSSR count).